The van der Waals surface area contributed by atoms with E-state index in [1.54, 1.807) is 42.5 Å². The lowest BCUT2D eigenvalue weighted by molar-refractivity contribution is 0.459. The van der Waals surface area contributed by atoms with Gasteiger partial charge in [0.2, 0.25) is 9.84 Å². The van der Waals surface area contributed by atoms with Crippen LogP contribution in [0.15, 0.2) is 70.5 Å². The molecule has 0 unspecified atom stereocenters. The van der Waals surface area contributed by atoms with E-state index in [-0.39, 0.29) is 15.5 Å². The van der Waals surface area contributed by atoms with Crippen molar-refractivity contribution in [2.24, 2.45) is 0 Å². The molecule has 0 aliphatic heterocycles. The molecule has 4 nitrogen and oxygen atoms in total. The Kier molecular flexibility index (Phi) is 3.07. The first kappa shape index (κ1) is 13.5. The summed E-state index contributed by atoms with van der Waals surface area (Å²) in [6.07, 6.45) is 0. The van der Waals surface area contributed by atoms with Gasteiger partial charge in [-0.2, -0.15) is 0 Å². The number of fused-ring (bicyclic) bond motifs is 1. The van der Waals surface area contributed by atoms with Crippen LogP contribution in [0.5, 0.6) is 5.75 Å². The van der Waals surface area contributed by atoms with Crippen molar-refractivity contribution in [3.63, 3.8) is 0 Å². The van der Waals surface area contributed by atoms with Crippen molar-refractivity contribution in [3.8, 4) is 5.75 Å². The summed E-state index contributed by atoms with van der Waals surface area (Å²) in [5, 5.41) is 11.0. The molecule has 0 aromatic heterocycles. The summed E-state index contributed by atoms with van der Waals surface area (Å²) in [5.74, 6) is -0.265. The van der Waals surface area contributed by atoms with Gasteiger partial charge in [-0.05, 0) is 24.3 Å². The van der Waals surface area contributed by atoms with Crippen molar-refractivity contribution in [1.82, 2.24) is 0 Å². The Labute approximate surface area is 122 Å². The molecule has 0 aliphatic carbocycles. The molecule has 0 radical (unpaired) electrons. The Morgan fingerprint density at radius 3 is 2.10 bits per heavy atom. The molecule has 0 bridgehead atoms. The predicted molar refractivity (Wildman–Crippen MR) is 81.9 cm³/mol. The summed E-state index contributed by atoms with van der Waals surface area (Å²) < 4.78 is 25.6. The summed E-state index contributed by atoms with van der Waals surface area (Å²) >= 11 is 0. The van der Waals surface area contributed by atoms with E-state index in [1.807, 2.05) is 0 Å². The molecule has 0 heterocycles. The van der Waals surface area contributed by atoms with Crippen LogP contribution in [0, 0.1) is 0 Å². The Bertz CT molecular complexity index is 933. The topological polar surface area (TPSA) is 80.4 Å². The molecule has 3 aromatic carbocycles. The summed E-state index contributed by atoms with van der Waals surface area (Å²) in [6, 6.07) is 16.0. The summed E-state index contributed by atoms with van der Waals surface area (Å²) in [7, 11) is -3.82. The van der Waals surface area contributed by atoms with Crippen LogP contribution in [0.3, 0.4) is 0 Å². The fourth-order valence-corrected chi connectivity index (χ4v) is 3.88. The fraction of sp³-hybridized carbons (Fsp3) is 0. The monoisotopic (exact) mass is 299 g/mol. The number of sulfone groups is 1. The maximum Gasteiger partial charge on any atom is 0.210 e. The normalized spacial score (nSPS) is 11.6. The highest BCUT2D eigenvalue weighted by atomic mass is 32.2. The molecule has 106 valence electrons. The molecule has 0 atom stereocenters. The number of benzene rings is 3. The number of aromatic hydroxyl groups is 1. The van der Waals surface area contributed by atoms with Gasteiger partial charge in [0.1, 0.15) is 10.6 Å². The maximum atomic E-state index is 12.8. The molecule has 0 aliphatic rings. The van der Waals surface area contributed by atoms with Crippen molar-refractivity contribution in [1.29, 1.82) is 0 Å². The first-order valence-electron chi connectivity index (χ1n) is 6.32. The van der Waals surface area contributed by atoms with Crippen LogP contribution in [0.1, 0.15) is 0 Å². The largest absolute Gasteiger partial charge is 0.507 e. The van der Waals surface area contributed by atoms with E-state index in [1.165, 1.54) is 18.2 Å². The van der Waals surface area contributed by atoms with E-state index in [4.69, 9.17) is 5.73 Å². The number of para-hydroxylation sites is 1. The van der Waals surface area contributed by atoms with Crippen LogP contribution < -0.4 is 5.73 Å². The minimum atomic E-state index is -3.82. The molecule has 0 saturated carbocycles. The molecule has 21 heavy (non-hydrogen) atoms. The summed E-state index contributed by atoms with van der Waals surface area (Å²) in [5.41, 5.74) is 6.41. The van der Waals surface area contributed by atoms with Gasteiger partial charge in [-0.1, -0.05) is 36.4 Å². The van der Waals surface area contributed by atoms with E-state index in [0.29, 0.717) is 16.5 Å². The zero-order valence-electron chi connectivity index (χ0n) is 11.0. The zero-order chi connectivity index (χ0) is 15.0. The number of hydrogen-bond acceptors (Lipinski definition) is 4. The van der Waals surface area contributed by atoms with Gasteiger partial charge in [0.25, 0.3) is 0 Å². The van der Waals surface area contributed by atoms with Crippen molar-refractivity contribution < 1.29 is 13.5 Å². The van der Waals surface area contributed by atoms with Crippen LogP contribution in [0.2, 0.25) is 0 Å². The Morgan fingerprint density at radius 2 is 1.38 bits per heavy atom. The van der Waals surface area contributed by atoms with Crippen LogP contribution in [0.25, 0.3) is 10.8 Å². The highest BCUT2D eigenvalue weighted by molar-refractivity contribution is 7.91. The highest BCUT2D eigenvalue weighted by Gasteiger charge is 2.23. The number of hydrogen-bond donors (Lipinski definition) is 2. The zero-order valence-corrected chi connectivity index (χ0v) is 11.8. The molecule has 3 N–H and O–H groups in total. The standard InChI is InChI=1S/C16H13NO3S/c17-13-9-10-15(12-6-2-1-5-11(12)13)21(19,20)16-8-4-3-7-14(16)18/h1-10,18H,17H2. The van der Waals surface area contributed by atoms with Gasteiger partial charge >= 0.3 is 0 Å². The first-order chi connectivity index (χ1) is 10.0. The fourth-order valence-electron chi connectivity index (χ4n) is 2.33. The van der Waals surface area contributed by atoms with Crippen LogP contribution >= 0.6 is 0 Å². The highest BCUT2D eigenvalue weighted by Crippen LogP contribution is 2.34. The van der Waals surface area contributed by atoms with Crippen molar-refractivity contribution in [2.45, 2.75) is 9.79 Å². The van der Waals surface area contributed by atoms with E-state index in [0.717, 1.165) is 0 Å². The number of phenols is 1. The Hall–Kier alpha value is -2.53. The second-order valence-corrected chi connectivity index (χ2v) is 6.56. The van der Waals surface area contributed by atoms with Gasteiger partial charge in [-0.25, -0.2) is 8.42 Å². The quantitative estimate of drug-likeness (QED) is 0.713. The second kappa shape index (κ2) is 4.79. The van der Waals surface area contributed by atoms with Crippen molar-refractivity contribution >= 4 is 26.3 Å². The van der Waals surface area contributed by atoms with E-state index in [9.17, 15) is 13.5 Å². The maximum absolute atomic E-state index is 12.8. The van der Waals surface area contributed by atoms with Gasteiger partial charge in [0, 0.05) is 16.5 Å². The van der Waals surface area contributed by atoms with Gasteiger partial charge in [-0.3, -0.25) is 0 Å². The lowest BCUT2D eigenvalue weighted by Crippen LogP contribution is -2.04. The number of phenolic OH excluding ortho intramolecular Hbond substituents is 1. The summed E-state index contributed by atoms with van der Waals surface area (Å²) in [6.45, 7) is 0. The lowest BCUT2D eigenvalue weighted by Gasteiger charge is -2.11. The van der Waals surface area contributed by atoms with Gasteiger partial charge in [0.05, 0.1) is 4.90 Å². The Balaban J connectivity index is 2.36. The average molecular weight is 299 g/mol. The third-order valence-corrected chi connectivity index (χ3v) is 5.22. The third-order valence-electron chi connectivity index (χ3n) is 3.36. The molecule has 3 aromatic rings. The average Bonchev–Trinajstić information content (AvgIpc) is 2.48. The minimum absolute atomic E-state index is 0.111. The van der Waals surface area contributed by atoms with Crippen LogP contribution in [-0.4, -0.2) is 13.5 Å². The molecule has 5 heteroatoms. The lowest BCUT2D eigenvalue weighted by atomic mass is 10.1. The first-order valence-corrected chi connectivity index (χ1v) is 7.80. The molecule has 0 fully saturated rings. The predicted octanol–water partition coefficient (Wildman–Crippen LogP) is 2.96. The SMILES string of the molecule is Nc1ccc(S(=O)(=O)c2ccccc2O)c2ccccc12. The van der Waals surface area contributed by atoms with Crippen LogP contribution in [-0.2, 0) is 9.84 Å². The molecule has 0 saturated heterocycles. The summed E-state index contributed by atoms with van der Waals surface area (Å²) in [4.78, 5) is 0.0220. The number of nitrogen functional groups attached to an aromatic ring is 1. The molecule has 0 spiro atoms. The number of anilines is 1. The number of rotatable bonds is 2. The minimum Gasteiger partial charge on any atom is -0.507 e. The molecular formula is C16H13NO3S. The van der Waals surface area contributed by atoms with E-state index < -0.39 is 9.84 Å². The van der Waals surface area contributed by atoms with Crippen LogP contribution in [0.4, 0.5) is 5.69 Å². The second-order valence-electron chi connectivity index (χ2n) is 4.67. The van der Waals surface area contributed by atoms with Gasteiger partial charge in [-0.15, -0.1) is 0 Å². The van der Waals surface area contributed by atoms with Crippen molar-refractivity contribution in [2.75, 3.05) is 5.73 Å². The molecular weight excluding hydrogens is 286 g/mol. The molecule has 0 amide bonds. The third kappa shape index (κ3) is 2.11. The van der Waals surface area contributed by atoms with E-state index in [2.05, 4.69) is 0 Å². The van der Waals surface area contributed by atoms with Gasteiger partial charge < -0.3 is 10.8 Å². The van der Waals surface area contributed by atoms with Gasteiger partial charge in [0.15, 0.2) is 0 Å². The van der Waals surface area contributed by atoms with E-state index >= 15 is 0 Å². The van der Waals surface area contributed by atoms with Crippen molar-refractivity contribution in [3.05, 3.63) is 60.7 Å². The smallest absolute Gasteiger partial charge is 0.210 e. The Morgan fingerprint density at radius 1 is 0.762 bits per heavy atom. The number of nitrogens with two attached hydrogens (primary N) is 1. The molecule has 3 rings (SSSR count).